The lowest BCUT2D eigenvalue weighted by molar-refractivity contribution is -0.165. The van der Waals surface area contributed by atoms with Gasteiger partial charge >= 0.3 is 11.9 Å². The summed E-state index contributed by atoms with van der Waals surface area (Å²) in [5.74, 6) is -1.63. The van der Waals surface area contributed by atoms with E-state index in [9.17, 15) is 14.9 Å². The van der Waals surface area contributed by atoms with Crippen LogP contribution in [-0.4, -0.2) is 29.7 Å². The lowest BCUT2D eigenvalue weighted by Gasteiger charge is -2.29. The number of benzene rings is 1. The highest BCUT2D eigenvalue weighted by atomic mass is 16.6. The van der Waals surface area contributed by atoms with Crippen molar-refractivity contribution in [2.24, 2.45) is 7.05 Å². The molecule has 0 fully saturated rings. The first-order chi connectivity index (χ1) is 13.0. The zero-order valence-corrected chi connectivity index (χ0v) is 15.6. The van der Waals surface area contributed by atoms with Gasteiger partial charge in [-0.15, -0.1) is 0 Å². The Bertz CT molecular complexity index is 929. The van der Waals surface area contributed by atoms with Crippen molar-refractivity contribution in [3.63, 3.8) is 0 Å². The molecule has 0 aliphatic carbocycles. The van der Waals surface area contributed by atoms with Crippen molar-refractivity contribution >= 4 is 22.8 Å². The van der Waals surface area contributed by atoms with Gasteiger partial charge in [-0.3, -0.25) is 9.59 Å². The maximum Gasteiger partial charge on any atom is 0.328 e. The highest BCUT2D eigenvalue weighted by Crippen LogP contribution is 2.40. The second-order valence-corrected chi connectivity index (χ2v) is 5.92. The van der Waals surface area contributed by atoms with E-state index in [1.54, 1.807) is 49.7 Å². The van der Waals surface area contributed by atoms with E-state index in [-0.39, 0.29) is 37.3 Å². The predicted octanol–water partition coefficient (Wildman–Crippen LogP) is 2.72. The molecule has 2 rings (SSSR count). The van der Waals surface area contributed by atoms with Crippen LogP contribution in [0.3, 0.4) is 0 Å². The Morgan fingerprint density at radius 2 is 1.70 bits per heavy atom. The van der Waals surface area contributed by atoms with E-state index < -0.39 is 17.4 Å². The summed E-state index contributed by atoms with van der Waals surface area (Å²) >= 11 is 0. The minimum Gasteiger partial charge on any atom is -0.465 e. The van der Waals surface area contributed by atoms with Crippen LogP contribution in [0.15, 0.2) is 24.3 Å². The van der Waals surface area contributed by atoms with E-state index in [0.717, 1.165) is 0 Å². The van der Waals surface area contributed by atoms with Gasteiger partial charge in [0, 0.05) is 29.9 Å². The van der Waals surface area contributed by atoms with Gasteiger partial charge < -0.3 is 14.0 Å². The molecule has 0 saturated carbocycles. The van der Waals surface area contributed by atoms with Gasteiger partial charge in [0.1, 0.15) is 11.8 Å². The average Bonchev–Trinajstić information content (AvgIpc) is 2.96. The van der Waals surface area contributed by atoms with Crippen molar-refractivity contribution in [2.45, 2.75) is 32.1 Å². The van der Waals surface area contributed by atoms with E-state index in [2.05, 4.69) is 6.07 Å². The molecule has 0 radical (unpaired) electrons. The van der Waals surface area contributed by atoms with Crippen molar-refractivity contribution in [3.8, 4) is 12.1 Å². The van der Waals surface area contributed by atoms with Gasteiger partial charge in [-0.05, 0) is 26.3 Å². The lowest BCUT2D eigenvalue weighted by atomic mass is 9.75. The van der Waals surface area contributed by atoms with Gasteiger partial charge in [0.2, 0.25) is 0 Å². The van der Waals surface area contributed by atoms with E-state index in [0.29, 0.717) is 10.9 Å². The molecular formula is C20H21N3O4. The van der Waals surface area contributed by atoms with Gasteiger partial charge in [-0.2, -0.15) is 10.5 Å². The minimum absolute atomic E-state index is 0.0548. The van der Waals surface area contributed by atoms with Gasteiger partial charge in [0.25, 0.3) is 0 Å². The van der Waals surface area contributed by atoms with Crippen molar-refractivity contribution in [1.29, 1.82) is 10.5 Å². The molecule has 1 aromatic heterocycles. The Balaban J connectivity index is 2.94. The normalized spacial score (nSPS) is 10.9. The lowest BCUT2D eigenvalue weighted by Crippen LogP contribution is -2.46. The van der Waals surface area contributed by atoms with Crippen LogP contribution in [0.25, 0.3) is 10.9 Å². The number of rotatable bonds is 7. The SMILES string of the molecule is CCOC(=O)C(CCC#N)(C(=O)OCC)c1c(C#N)n(C)c2ccccc12. The molecule has 0 aliphatic heterocycles. The summed E-state index contributed by atoms with van der Waals surface area (Å²) in [5.41, 5.74) is -0.794. The maximum absolute atomic E-state index is 13.1. The third kappa shape index (κ3) is 3.24. The Labute approximate surface area is 157 Å². The summed E-state index contributed by atoms with van der Waals surface area (Å²) in [6.45, 7) is 3.37. The average molecular weight is 367 g/mol. The van der Waals surface area contributed by atoms with Gasteiger partial charge in [-0.25, -0.2) is 0 Å². The summed E-state index contributed by atoms with van der Waals surface area (Å²) in [6.07, 6.45) is -0.213. The molecule has 0 atom stereocenters. The highest BCUT2D eigenvalue weighted by molar-refractivity contribution is 6.10. The minimum atomic E-state index is -1.88. The van der Waals surface area contributed by atoms with Crippen LogP contribution in [0.4, 0.5) is 0 Å². The number of hydrogen-bond acceptors (Lipinski definition) is 6. The number of nitrogens with zero attached hydrogens (tertiary/aromatic N) is 3. The monoisotopic (exact) mass is 367 g/mol. The molecule has 1 heterocycles. The van der Waals surface area contributed by atoms with Crippen LogP contribution in [0.5, 0.6) is 0 Å². The van der Waals surface area contributed by atoms with Crippen LogP contribution in [0.2, 0.25) is 0 Å². The third-order valence-electron chi connectivity index (χ3n) is 4.50. The molecule has 0 aliphatic rings. The van der Waals surface area contributed by atoms with Crippen LogP contribution in [0, 0.1) is 22.7 Å². The molecule has 0 unspecified atom stereocenters. The molecule has 7 heteroatoms. The Morgan fingerprint density at radius 1 is 1.11 bits per heavy atom. The smallest absolute Gasteiger partial charge is 0.328 e. The molecule has 0 spiro atoms. The molecule has 7 nitrogen and oxygen atoms in total. The van der Waals surface area contributed by atoms with E-state index in [4.69, 9.17) is 14.7 Å². The largest absolute Gasteiger partial charge is 0.465 e. The third-order valence-corrected chi connectivity index (χ3v) is 4.50. The number of aryl methyl sites for hydroxylation is 1. The second-order valence-electron chi connectivity index (χ2n) is 5.92. The molecule has 0 saturated heterocycles. The standard InChI is InChI=1S/C20H21N3O4/c1-4-26-18(24)20(11-8-12-21,19(25)27-5-2)17-14-9-6-7-10-15(14)23(3)16(17)13-22/h6-7,9-10H,4-5,8,11H2,1-3H3. The molecular weight excluding hydrogens is 346 g/mol. The Morgan fingerprint density at radius 3 is 2.22 bits per heavy atom. The number of esters is 2. The first-order valence-corrected chi connectivity index (χ1v) is 8.68. The first-order valence-electron chi connectivity index (χ1n) is 8.68. The summed E-state index contributed by atoms with van der Waals surface area (Å²) in [4.78, 5) is 26.1. The zero-order valence-electron chi connectivity index (χ0n) is 15.6. The fraction of sp³-hybridized carbons (Fsp3) is 0.400. The van der Waals surface area contributed by atoms with E-state index >= 15 is 0 Å². The summed E-state index contributed by atoms with van der Waals surface area (Å²) < 4.78 is 12.1. The molecule has 0 N–H and O–H groups in total. The number of carbonyl (C=O) groups excluding carboxylic acids is 2. The molecule has 2 aromatic rings. The van der Waals surface area contributed by atoms with Gasteiger partial charge in [0.05, 0.1) is 19.3 Å². The van der Waals surface area contributed by atoms with Crippen LogP contribution < -0.4 is 0 Å². The van der Waals surface area contributed by atoms with E-state index in [1.807, 2.05) is 6.07 Å². The Hall–Kier alpha value is -3.32. The second kappa shape index (κ2) is 8.37. The number of nitriles is 2. The van der Waals surface area contributed by atoms with Crippen molar-refractivity contribution in [2.75, 3.05) is 13.2 Å². The molecule has 0 amide bonds. The van der Waals surface area contributed by atoms with Crippen LogP contribution in [-0.2, 0) is 31.5 Å². The quantitative estimate of drug-likeness (QED) is 0.550. The predicted molar refractivity (Wildman–Crippen MR) is 97.4 cm³/mol. The summed E-state index contributed by atoms with van der Waals surface area (Å²) in [5, 5.41) is 19.5. The van der Waals surface area contributed by atoms with Crippen LogP contribution in [0.1, 0.15) is 37.9 Å². The number of aromatic nitrogens is 1. The number of ether oxygens (including phenoxy) is 2. The summed E-state index contributed by atoms with van der Waals surface area (Å²) in [6, 6.07) is 11.2. The number of hydrogen-bond donors (Lipinski definition) is 0. The van der Waals surface area contributed by atoms with Crippen molar-refractivity contribution in [3.05, 3.63) is 35.5 Å². The topological polar surface area (TPSA) is 105 Å². The number of carbonyl (C=O) groups is 2. The molecule has 0 bridgehead atoms. The van der Waals surface area contributed by atoms with Crippen molar-refractivity contribution in [1.82, 2.24) is 4.57 Å². The number of fused-ring (bicyclic) bond motifs is 1. The molecule has 27 heavy (non-hydrogen) atoms. The molecule has 1 aromatic carbocycles. The fourth-order valence-corrected chi connectivity index (χ4v) is 3.32. The highest BCUT2D eigenvalue weighted by Gasteiger charge is 2.53. The van der Waals surface area contributed by atoms with Crippen LogP contribution >= 0.6 is 0 Å². The van der Waals surface area contributed by atoms with Gasteiger partial charge in [0.15, 0.2) is 5.41 Å². The summed E-state index contributed by atoms with van der Waals surface area (Å²) in [7, 11) is 1.69. The molecule has 140 valence electrons. The first kappa shape index (κ1) is 20.0. The van der Waals surface area contributed by atoms with E-state index in [1.165, 1.54) is 0 Å². The fourth-order valence-electron chi connectivity index (χ4n) is 3.32. The maximum atomic E-state index is 13.1. The van der Waals surface area contributed by atoms with Gasteiger partial charge in [-0.1, -0.05) is 18.2 Å². The zero-order chi connectivity index (χ0) is 20.0. The Kier molecular flexibility index (Phi) is 6.20. The number of para-hydroxylation sites is 1. The van der Waals surface area contributed by atoms with Crippen molar-refractivity contribution < 1.29 is 19.1 Å².